The van der Waals surface area contributed by atoms with Gasteiger partial charge in [0.15, 0.2) is 5.82 Å². The summed E-state index contributed by atoms with van der Waals surface area (Å²) >= 11 is 0. The standard InChI is InChI=1S/C15H16FNO/c1-10-6-7-11(2)14(8-10)18-9-12-4-3-5-13(17)15(12)16/h3-8H,9,17H2,1-2H3. The Morgan fingerprint density at radius 1 is 1.17 bits per heavy atom. The van der Waals surface area contributed by atoms with Crippen molar-refractivity contribution < 1.29 is 9.13 Å². The van der Waals surface area contributed by atoms with Crippen molar-refractivity contribution in [2.24, 2.45) is 0 Å². The average molecular weight is 245 g/mol. The van der Waals surface area contributed by atoms with Crippen molar-refractivity contribution in [2.75, 3.05) is 5.73 Å². The molecule has 0 saturated carbocycles. The Bertz CT molecular complexity index is 564. The van der Waals surface area contributed by atoms with Crippen LogP contribution < -0.4 is 10.5 Å². The Kier molecular flexibility index (Phi) is 3.51. The highest BCUT2D eigenvalue weighted by molar-refractivity contribution is 5.43. The van der Waals surface area contributed by atoms with Crippen molar-refractivity contribution in [3.8, 4) is 5.75 Å². The Morgan fingerprint density at radius 2 is 1.94 bits per heavy atom. The molecule has 0 aliphatic heterocycles. The van der Waals surface area contributed by atoms with Crippen molar-refractivity contribution in [1.29, 1.82) is 0 Å². The van der Waals surface area contributed by atoms with Crippen LogP contribution in [0.15, 0.2) is 36.4 Å². The van der Waals surface area contributed by atoms with Crippen molar-refractivity contribution >= 4 is 5.69 Å². The first-order valence-corrected chi connectivity index (χ1v) is 5.81. The zero-order valence-electron chi connectivity index (χ0n) is 10.5. The number of anilines is 1. The maximum Gasteiger partial charge on any atom is 0.152 e. The highest BCUT2D eigenvalue weighted by Gasteiger charge is 2.07. The number of aryl methyl sites for hydroxylation is 2. The number of nitrogen functional groups attached to an aromatic ring is 1. The smallest absolute Gasteiger partial charge is 0.152 e. The third-order valence-electron chi connectivity index (χ3n) is 2.84. The molecule has 3 heteroatoms. The van der Waals surface area contributed by atoms with Gasteiger partial charge in [-0.25, -0.2) is 4.39 Å². The number of ether oxygens (including phenoxy) is 1. The number of hydrogen-bond donors (Lipinski definition) is 1. The minimum atomic E-state index is -0.400. The lowest BCUT2D eigenvalue weighted by atomic mass is 10.1. The lowest BCUT2D eigenvalue weighted by Crippen LogP contribution is -2.02. The summed E-state index contributed by atoms with van der Waals surface area (Å²) in [6.07, 6.45) is 0. The second kappa shape index (κ2) is 5.08. The van der Waals surface area contributed by atoms with Crippen LogP contribution in [0, 0.1) is 19.7 Å². The molecule has 2 N–H and O–H groups in total. The second-order valence-electron chi connectivity index (χ2n) is 4.38. The lowest BCUT2D eigenvalue weighted by Gasteiger charge is -2.11. The fourth-order valence-electron chi connectivity index (χ4n) is 1.73. The molecular weight excluding hydrogens is 229 g/mol. The molecule has 2 aromatic carbocycles. The Labute approximate surface area is 106 Å². The van der Waals surface area contributed by atoms with Crippen molar-refractivity contribution in [3.63, 3.8) is 0 Å². The van der Waals surface area contributed by atoms with Crippen molar-refractivity contribution in [1.82, 2.24) is 0 Å². The maximum atomic E-state index is 13.7. The van der Waals surface area contributed by atoms with E-state index in [1.165, 1.54) is 6.07 Å². The van der Waals surface area contributed by atoms with Crippen LogP contribution in [0.4, 0.5) is 10.1 Å². The number of rotatable bonds is 3. The SMILES string of the molecule is Cc1ccc(C)c(OCc2cccc(N)c2F)c1. The normalized spacial score (nSPS) is 10.4. The average Bonchev–Trinajstić information content (AvgIpc) is 2.35. The molecule has 18 heavy (non-hydrogen) atoms. The van der Waals surface area contributed by atoms with Gasteiger partial charge in [-0.2, -0.15) is 0 Å². The van der Waals surface area contributed by atoms with E-state index < -0.39 is 5.82 Å². The van der Waals surface area contributed by atoms with Gasteiger partial charge in [-0.05, 0) is 37.1 Å². The Hall–Kier alpha value is -2.03. The molecule has 0 unspecified atom stereocenters. The largest absolute Gasteiger partial charge is 0.489 e. The highest BCUT2D eigenvalue weighted by atomic mass is 19.1. The van der Waals surface area contributed by atoms with Crippen LogP contribution in [0.2, 0.25) is 0 Å². The van der Waals surface area contributed by atoms with Crippen LogP contribution in [0.5, 0.6) is 5.75 Å². The molecular formula is C15H16FNO. The first kappa shape index (κ1) is 12.4. The molecule has 0 bridgehead atoms. The van der Waals surface area contributed by atoms with Gasteiger partial charge in [-0.15, -0.1) is 0 Å². The highest BCUT2D eigenvalue weighted by Crippen LogP contribution is 2.22. The zero-order valence-corrected chi connectivity index (χ0v) is 10.5. The van der Waals surface area contributed by atoms with E-state index in [4.69, 9.17) is 10.5 Å². The summed E-state index contributed by atoms with van der Waals surface area (Å²) in [6, 6.07) is 10.9. The van der Waals surface area contributed by atoms with Crippen molar-refractivity contribution in [2.45, 2.75) is 20.5 Å². The van der Waals surface area contributed by atoms with E-state index in [9.17, 15) is 4.39 Å². The fraction of sp³-hybridized carbons (Fsp3) is 0.200. The van der Waals surface area contributed by atoms with Crippen molar-refractivity contribution in [3.05, 3.63) is 58.9 Å². The molecule has 0 aromatic heterocycles. The Balaban J connectivity index is 2.16. The van der Waals surface area contributed by atoms with Gasteiger partial charge in [0, 0.05) is 5.56 Å². The van der Waals surface area contributed by atoms with E-state index in [1.54, 1.807) is 12.1 Å². The van der Waals surface area contributed by atoms with E-state index in [1.807, 2.05) is 32.0 Å². The molecule has 0 spiro atoms. The molecule has 0 radical (unpaired) electrons. The zero-order chi connectivity index (χ0) is 13.1. The number of nitrogens with two attached hydrogens (primary N) is 1. The third-order valence-corrected chi connectivity index (χ3v) is 2.84. The molecule has 0 atom stereocenters. The maximum absolute atomic E-state index is 13.7. The summed E-state index contributed by atoms with van der Waals surface area (Å²) in [6.45, 7) is 4.14. The van der Waals surface area contributed by atoms with E-state index in [0.29, 0.717) is 5.56 Å². The molecule has 0 aliphatic rings. The third kappa shape index (κ3) is 2.62. The quantitative estimate of drug-likeness (QED) is 0.838. The lowest BCUT2D eigenvalue weighted by molar-refractivity contribution is 0.298. The van der Waals surface area contributed by atoms with Gasteiger partial charge in [-0.1, -0.05) is 24.3 Å². The van der Waals surface area contributed by atoms with Gasteiger partial charge in [-0.3, -0.25) is 0 Å². The first-order chi connectivity index (χ1) is 8.58. The van der Waals surface area contributed by atoms with Crippen LogP contribution >= 0.6 is 0 Å². The van der Waals surface area contributed by atoms with Gasteiger partial charge in [0.25, 0.3) is 0 Å². The van der Waals surface area contributed by atoms with Crippen LogP contribution in [0.1, 0.15) is 16.7 Å². The summed E-state index contributed by atoms with van der Waals surface area (Å²) in [5, 5.41) is 0. The molecule has 0 fully saturated rings. The van der Waals surface area contributed by atoms with Gasteiger partial charge >= 0.3 is 0 Å². The number of halogens is 1. The summed E-state index contributed by atoms with van der Waals surface area (Å²) in [7, 11) is 0. The fourth-order valence-corrected chi connectivity index (χ4v) is 1.73. The predicted molar refractivity (Wildman–Crippen MR) is 71.1 cm³/mol. The minimum Gasteiger partial charge on any atom is -0.489 e. The van der Waals surface area contributed by atoms with E-state index in [0.717, 1.165) is 16.9 Å². The molecule has 0 amide bonds. The molecule has 0 aliphatic carbocycles. The topological polar surface area (TPSA) is 35.2 Å². The van der Waals surface area contributed by atoms with E-state index >= 15 is 0 Å². The minimum absolute atomic E-state index is 0.150. The molecule has 0 saturated heterocycles. The molecule has 2 aromatic rings. The van der Waals surface area contributed by atoms with E-state index in [-0.39, 0.29) is 12.3 Å². The number of benzene rings is 2. The van der Waals surface area contributed by atoms with Gasteiger partial charge in [0.1, 0.15) is 12.4 Å². The predicted octanol–water partition coefficient (Wildman–Crippen LogP) is 3.60. The molecule has 0 heterocycles. The van der Waals surface area contributed by atoms with Gasteiger partial charge < -0.3 is 10.5 Å². The molecule has 2 rings (SSSR count). The second-order valence-corrected chi connectivity index (χ2v) is 4.38. The van der Waals surface area contributed by atoms with Gasteiger partial charge in [0.05, 0.1) is 5.69 Å². The summed E-state index contributed by atoms with van der Waals surface area (Å²) in [4.78, 5) is 0. The monoisotopic (exact) mass is 245 g/mol. The summed E-state index contributed by atoms with van der Waals surface area (Å²) in [5.41, 5.74) is 8.28. The van der Waals surface area contributed by atoms with Crippen LogP contribution in [-0.4, -0.2) is 0 Å². The molecule has 2 nitrogen and oxygen atoms in total. The number of hydrogen-bond acceptors (Lipinski definition) is 2. The summed E-state index contributed by atoms with van der Waals surface area (Å²) in [5.74, 6) is 0.375. The summed E-state index contributed by atoms with van der Waals surface area (Å²) < 4.78 is 19.3. The van der Waals surface area contributed by atoms with Gasteiger partial charge in [0.2, 0.25) is 0 Å². The van der Waals surface area contributed by atoms with E-state index in [2.05, 4.69) is 0 Å². The Morgan fingerprint density at radius 3 is 2.72 bits per heavy atom. The van der Waals surface area contributed by atoms with Crippen LogP contribution in [0.25, 0.3) is 0 Å². The van der Waals surface area contributed by atoms with Crippen LogP contribution in [0.3, 0.4) is 0 Å². The van der Waals surface area contributed by atoms with Crippen LogP contribution in [-0.2, 0) is 6.61 Å². The first-order valence-electron chi connectivity index (χ1n) is 5.81. The molecule has 94 valence electrons.